The van der Waals surface area contributed by atoms with Crippen molar-refractivity contribution in [3.63, 3.8) is 0 Å². The van der Waals surface area contributed by atoms with Crippen LogP contribution in [0.4, 0.5) is 22.2 Å². The molecule has 1 unspecified atom stereocenters. The molecular weight excluding hydrogens is 382 g/mol. The highest BCUT2D eigenvalue weighted by molar-refractivity contribution is 7.14. The van der Waals surface area contributed by atoms with Gasteiger partial charge in [-0.15, -0.1) is 11.3 Å². The topological polar surface area (TPSA) is 96.1 Å². The van der Waals surface area contributed by atoms with Crippen LogP contribution in [0.2, 0.25) is 0 Å². The van der Waals surface area contributed by atoms with Crippen LogP contribution in [-0.2, 0) is 0 Å². The zero-order chi connectivity index (χ0) is 20.2. The molecule has 4 aromatic rings. The largest absolute Gasteiger partial charge is 0.399 e. The Bertz CT molecular complexity index is 1100. The molecule has 0 saturated carbocycles. The van der Waals surface area contributed by atoms with Crippen LogP contribution in [0, 0.1) is 6.92 Å². The van der Waals surface area contributed by atoms with Crippen molar-refractivity contribution < 1.29 is 5.11 Å². The van der Waals surface area contributed by atoms with Crippen LogP contribution in [-0.4, -0.2) is 15.1 Å². The second kappa shape index (κ2) is 8.30. The molecule has 2 aromatic heterocycles. The van der Waals surface area contributed by atoms with Crippen LogP contribution < -0.4 is 16.4 Å². The van der Waals surface area contributed by atoms with E-state index in [0.717, 1.165) is 38.9 Å². The third-order valence-corrected chi connectivity index (χ3v) is 5.25. The molecule has 0 radical (unpaired) electrons. The fraction of sp³-hybridized carbons (Fsp3) is 0.0909. The van der Waals surface area contributed by atoms with E-state index in [4.69, 9.17) is 5.73 Å². The Hall–Kier alpha value is -3.42. The number of nitrogens with zero attached hydrogens (tertiary/aromatic N) is 2. The van der Waals surface area contributed by atoms with Gasteiger partial charge in [-0.05, 0) is 48.9 Å². The Morgan fingerprint density at radius 3 is 2.69 bits per heavy atom. The minimum Gasteiger partial charge on any atom is -0.399 e. The van der Waals surface area contributed by atoms with Gasteiger partial charge in [-0.2, -0.15) is 0 Å². The quantitative estimate of drug-likeness (QED) is 0.269. The summed E-state index contributed by atoms with van der Waals surface area (Å²) in [5.74, 6) is 0. The van der Waals surface area contributed by atoms with E-state index in [0.29, 0.717) is 5.69 Å². The summed E-state index contributed by atoms with van der Waals surface area (Å²) in [6.07, 6.45) is 2.71. The van der Waals surface area contributed by atoms with Crippen LogP contribution in [0.5, 0.6) is 0 Å². The number of hydrogen-bond donors (Lipinski definition) is 4. The average molecular weight is 404 g/mol. The van der Waals surface area contributed by atoms with E-state index in [2.05, 4.69) is 20.6 Å². The van der Waals surface area contributed by atoms with Crippen molar-refractivity contribution in [2.75, 3.05) is 16.4 Å². The molecule has 0 aliphatic heterocycles. The highest BCUT2D eigenvalue weighted by Crippen LogP contribution is 2.30. The molecule has 0 bridgehead atoms. The van der Waals surface area contributed by atoms with E-state index >= 15 is 0 Å². The number of hydrogen-bond acceptors (Lipinski definition) is 7. The summed E-state index contributed by atoms with van der Waals surface area (Å²) >= 11 is 1.53. The van der Waals surface area contributed by atoms with Crippen molar-refractivity contribution in [3.8, 4) is 11.3 Å². The molecule has 2 heterocycles. The summed E-state index contributed by atoms with van der Waals surface area (Å²) in [5.41, 5.74) is 11.8. The highest BCUT2D eigenvalue weighted by Gasteiger charge is 2.10. The number of pyridine rings is 1. The number of aliphatic hydroxyl groups excluding tert-OH is 1. The van der Waals surface area contributed by atoms with Crippen molar-refractivity contribution in [1.82, 2.24) is 9.97 Å². The van der Waals surface area contributed by atoms with Gasteiger partial charge in [0.15, 0.2) is 11.4 Å². The molecule has 1 atom stereocenters. The summed E-state index contributed by atoms with van der Waals surface area (Å²) in [6.45, 7) is 2.03. The van der Waals surface area contributed by atoms with Gasteiger partial charge in [0.2, 0.25) is 0 Å². The van der Waals surface area contributed by atoms with Gasteiger partial charge in [-0.25, -0.2) is 4.98 Å². The molecule has 7 heteroatoms. The Labute approximate surface area is 173 Å². The molecule has 5 N–H and O–H groups in total. The van der Waals surface area contributed by atoms with Crippen molar-refractivity contribution >= 4 is 33.5 Å². The first kappa shape index (κ1) is 18.9. The molecule has 0 amide bonds. The lowest BCUT2D eigenvalue weighted by molar-refractivity contribution is 0.208. The number of aliphatic hydroxyl groups is 1. The Morgan fingerprint density at radius 2 is 1.93 bits per heavy atom. The molecule has 29 heavy (non-hydrogen) atoms. The Morgan fingerprint density at radius 1 is 1.10 bits per heavy atom. The number of nitrogens with two attached hydrogens (primary N) is 1. The van der Waals surface area contributed by atoms with Crippen molar-refractivity contribution in [2.24, 2.45) is 0 Å². The third-order valence-electron chi connectivity index (χ3n) is 4.50. The maximum Gasteiger partial charge on any atom is 0.187 e. The zero-order valence-electron chi connectivity index (χ0n) is 15.8. The number of rotatable bonds is 6. The van der Waals surface area contributed by atoms with Gasteiger partial charge in [0.1, 0.15) is 0 Å². The molecule has 6 nitrogen and oxygen atoms in total. The zero-order valence-corrected chi connectivity index (χ0v) is 16.6. The van der Waals surface area contributed by atoms with E-state index in [1.165, 1.54) is 11.3 Å². The molecule has 4 rings (SSSR count). The molecule has 0 saturated heterocycles. The van der Waals surface area contributed by atoms with Gasteiger partial charge in [0.05, 0.1) is 5.69 Å². The first-order chi connectivity index (χ1) is 14.1. The summed E-state index contributed by atoms with van der Waals surface area (Å²) in [5, 5.41) is 19.7. The number of anilines is 4. The SMILES string of the molecule is Cc1ccc(NC(O)c2ccc(N)cc2)cc1Nc1nc(-c2cccnc2)cs1. The van der Waals surface area contributed by atoms with Crippen molar-refractivity contribution in [1.29, 1.82) is 0 Å². The minimum atomic E-state index is -0.830. The Kier molecular flexibility index (Phi) is 5.41. The van der Waals surface area contributed by atoms with Crippen LogP contribution in [0.3, 0.4) is 0 Å². The third kappa shape index (κ3) is 4.53. The summed E-state index contributed by atoms with van der Waals surface area (Å²) in [4.78, 5) is 8.79. The van der Waals surface area contributed by atoms with Crippen molar-refractivity contribution in [3.05, 3.63) is 83.5 Å². The monoisotopic (exact) mass is 403 g/mol. The van der Waals surface area contributed by atoms with Crippen molar-refractivity contribution in [2.45, 2.75) is 13.2 Å². The molecule has 0 fully saturated rings. The highest BCUT2D eigenvalue weighted by atomic mass is 32.1. The van der Waals surface area contributed by atoms with E-state index in [1.807, 2.05) is 42.6 Å². The fourth-order valence-corrected chi connectivity index (χ4v) is 3.59. The molecule has 146 valence electrons. The lowest BCUT2D eigenvalue weighted by Gasteiger charge is -2.16. The van der Waals surface area contributed by atoms with Crippen LogP contribution in [0.1, 0.15) is 17.4 Å². The fourth-order valence-electron chi connectivity index (χ4n) is 2.86. The molecule has 0 aliphatic carbocycles. The number of aromatic nitrogens is 2. The molecule has 2 aromatic carbocycles. The lowest BCUT2D eigenvalue weighted by atomic mass is 10.1. The van der Waals surface area contributed by atoms with Gasteiger partial charge in [0.25, 0.3) is 0 Å². The first-order valence-corrected chi connectivity index (χ1v) is 10.00. The predicted octanol–water partition coefficient (Wildman–Crippen LogP) is 4.94. The van der Waals surface area contributed by atoms with Gasteiger partial charge in [-0.3, -0.25) is 4.98 Å². The normalized spacial score (nSPS) is 11.8. The van der Waals surface area contributed by atoms with Gasteiger partial charge in [0, 0.05) is 46.0 Å². The van der Waals surface area contributed by atoms with Crippen LogP contribution in [0.15, 0.2) is 72.4 Å². The minimum absolute atomic E-state index is 0.664. The second-order valence-electron chi connectivity index (χ2n) is 6.65. The second-order valence-corrected chi connectivity index (χ2v) is 7.51. The maximum atomic E-state index is 10.5. The van der Waals surface area contributed by atoms with Gasteiger partial charge >= 0.3 is 0 Å². The number of nitrogen functional groups attached to an aromatic ring is 1. The lowest BCUT2D eigenvalue weighted by Crippen LogP contribution is -2.10. The summed E-state index contributed by atoms with van der Waals surface area (Å²) in [6, 6.07) is 16.9. The number of thiazole rings is 1. The smallest absolute Gasteiger partial charge is 0.187 e. The van der Waals surface area contributed by atoms with E-state index in [9.17, 15) is 5.11 Å². The van der Waals surface area contributed by atoms with Crippen LogP contribution >= 0.6 is 11.3 Å². The van der Waals surface area contributed by atoms with E-state index in [-0.39, 0.29) is 0 Å². The number of benzene rings is 2. The number of aryl methyl sites for hydroxylation is 1. The standard InChI is InChI=1S/C22H21N5OS/c1-14-4-9-18(25-21(28)15-5-7-17(23)8-6-15)11-19(14)26-22-27-20(13-29-22)16-3-2-10-24-12-16/h2-13,21,25,28H,23H2,1H3,(H,26,27). The van der Waals surface area contributed by atoms with Crippen LogP contribution in [0.25, 0.3) is 11.3 Å². The maximum absolute atomic E-state index is 10.5. The predicted molar refractivity (Wildman–Crippen MR) is 119 cm³/mol. The van der Waals surface area contributed by atoms with E-state index < -0.39 is 6.23 Å². The van der Waals surface area contributed by atoms with Gasteiger partial charge in [-0.1, -0.05) is 18.2 Å². The van der Waals surface area contributed by atoms with Gasteiger partial charge < -0.3 is 21.5 Å². The Balaban J connectivity index is 1.50. The summed E-state index contributed by atoms with van der Waals surface area (Å²) < 4.78 is 0. The molecule has 0 aliphatic rings. The average Bonchev–Trinajstić information content (AvgIpc) is 3.20. The van der Waals surface area contributed by atoms with E-state index in [1.54, 1.807) is 36.7 Å². The molecular formula is C22H21N5OS. The number of nitrogens with one attached hydrogen (secondary N) is 2. The molecule has 0 spiro atoms. The summed E-state index contributed by atoms with van der Waals surface area (Å²) in [7, 11) is 0. The first-order valence-electron chi connectivity index (χ1n) is 9.12.